The summed E-state index contributed by atoms with van der Waals surface area (Å²) in [6.07, 6.45) is 0.875. The quantitative estimate of drug-likeness (QED) is 0.816. The molecule has 2 nitrogen and oxygen atoms in total. The summed E-state index contributed by atoms with van der Waals surface area (Å²) in [5.41, 5.74) is 0.632. The molecular formula is C14H21ClFNO. The highest BCUT2D eigenvalue weighted by molar-refractivity contribution is 6.30. The number of halogens is 2. The van der Waals surface area contributed by atoms with Gasteiger partial charge in [0.2, 0.25) is 0 Å². The van der Waals surface area contributed by atoms with E-state index in [1.54, 1.807) is 19.2 Å². The van der Waals surface area contributed by atoms with Gasteiger partial charge in [-0.25, -0.2) is 4.39 Å². The van der Waals surface area contributed by atoms with Gasteiger partial charge in [0.05, 0.1) is 0 Å². The van der Waals surface area contributed by atoms with Gasteiger partial charge in [-0.15, -0.1) is 0 Å². The van der Waals surface area contributed by atoms with Crippen LogP contribution in [0.3, 0.4) is 0 Å². The summed E-state index contributed by atoms with van der Waals surface area (Å²) >= 11 is 5.95. The fraction of sp³-hybridized carbons (Fsp3) is 0.571. The summed E-state index contributed by atoms with van der Waals surface area (Å²) in [5.74, 6) is 0.0625. The molecular weight excluding hydrogens is 253 g/mol. The molecule has 18 heavy (non-hydrogen) atoms. The maximum absolute atomic E-state index is 13.9. The van der Waals surface area contributed by atoms with Crippen molar-refractivity contribution in [1.82, 2.24) is 5.32 Å². The first-order valence-electron chi connectivity index (χ1n) is 6.27. The highest BCUT2D eigenvalue weighted by Gasteiger charge is 2.21. The van der Waals surface area contributed by atoms with Crippen molar-refractivity contribution in [2.75, 3.05) is 20.3 Å². The molecule has 0 bridgehead atoms. The summed E-state index contributed by atoms with van der Waals surface area (Å²) in [6.45, 7) is 5.56. The summed E-state index contributed by atoms with van der Waals surface area (Å²) < 4.78 is 19.0. The van der Waals surface area contributed by atoms with E-state index in [9.17, 15) is 4.39 Å². The van der Waals surface area contributed by atoms with Gasteiger partial charge in [0.15, 0.2) is 0 Å². The highest BCUT2D eigenvalue weighted by atomic mass is 35.5. The van der Waals surface area contributed by atoms with E-state index in [-0.39, 0.29) is 17.8 Å². The molecule has 0 spiro atoms. The number of methoxy groups -OCH3 is 1. The lowest BCUT2D eigenvalue weighted by Gasteiger charge is -2.25. The van der Waals surface area contributed by atoms with Crippen molar-refractivity contribution < 1.29 is 9.13 Å². The van der Waals surface area contributed by atoms with Gasteiger partial charge < -0.3 is 10.1 Å². The molecule has 0 saturated heterocycles. The zero-order valence-electron chi connectivity index (χ0n) is 11.2. The van der Waals surface area contributed by atoms with E-state index in [4.69, 9.17) is 16.3 Å². The molecule has 0 amide bonds. The van der Waals surface area contributed by atoms with Crippen molar-refractivity contribution in [2.45, 2.75) is 26.3 Å². The molecule has 0 radical (unpaired) electrons. The lowest BCUT2D eigenvalue weighted by molar-refractivity contribution is 0.170. The minimum absolute atomic E-state index is 0.0381. The Kier molecular flexibility index (Phi) is 6.61. The Labute approximate surface area is 113 Å². The average molecular weight is 274 g/mol. The number of hydrogen-bond acceptors (Lipinski definition) is 2. The van der Waals surface area contributed by atoms with Crippen molar-refractivity contribution in [3.63, 3.8) is 0 Å². The number of ether oxygens (including phenoxy) is 1. The zero-order chi connectivity index (χ0) is 13.5. The Morgan fingerprint density at radius 1 is 1.44 bits per heavy atom. The van der Waals surface area contributed by atoms with E-state index in [0.717, 1.165) is 13.0 Å². The molecule has 0 aliphatic rings. The lowest BCUT2D eigenvalue weighted by Crippen LogP contribution is -2.28. The highest BCUT2D eigenvalue weighted by Crippen LogP contribution is 2.28. The fourth-order valence-electron chi connectivity index (χ4n) is 2.06. The molecule has 1 N–H and O–H groups in total. The number of nitrogens with one attached hydrogen (secondary N) is 1. The Hall–Kier alpha value is -0.640. The Bertz CT molecular complexity index is 373. The van der Waals surface area contributed by atoms with Crippen LogP contribution in [0.2, 0.25) is 5.02 Å². The Morgan fingerprint density at radius 3 is 2.78 bits per heavy atom. The molecule has 2 unspecified atom stereocenters. The van der Waals surface area contributed by atoms with E-state index in [2.05, 4.69) is 12.2 Å². The first-order chi connectivity index (χ1) is 8.60. The van der Waals surface area contributed by atoms with Crippen LogP contribution in [0.15, 0.2) is 18.2 Å². The van der Waals surface area contributed by atoms with Gasteiger partial charge in [-0.3, -0.25) is 0 Å². The molecule has 0 aliphatic carbocycles. The third-order valence-corrected chi connectivity index (χ3v) is 3.30. The molecule has 1 aromatic rings. The van der Waals surface area contributed by atoms with Gasteiger partial charge in [-0.05, 0) is 37.1 Å². The average Bonchev–Trinajstić information content (AvgIpc) is 2.36. The molecule has 1 aromatic carbocycles. The molecule has 4 heteroatoms. The van der Waals surface area contributed by atoms with Crippen LogP contribution in [0.25, 0.3) is 0 Å². The van der Waals surface area contributed by atoms with Crippen LogP contribution in [-0.4, -0.2) is 20.3 Å². The van der Waals surface area contributed by atoms with Crippen molar-refractivity contribution in [3.8, 4) is 0 Å². The lowest BCUT2D eigenvalue weighted by atomic mass is 9.91. The molecule has 102 valence electrons. The first kappa shape index (κ1) is 15.4. The van der Waals surface area contributed by atoms with E-state index < -0.39 is 0 Å². The topological polar surface area (TPSA) is 21.3 Å². The van der Waals surface area contributed by atoms with Crippen LogP contribution >= 0.6 is 11.6 Å². The van der Waals surface area contributed by atoms with E-state index in [1.165, 1.54) is 6.07 Å². The second kappa shape index (κ2) is 7.72. The zero-order valence-corrected chi connectivity index (χ0v) is 11.9. The van der Waals surface area contributed by atoms with Crippen molar-refractivity contribution in [3.05, 3.63) is 34.6 Å². The second-order valence-electron chi connectivity index (χ2n) is 4.46. The van der Waals surface area contributed by atoms with Gasteiger partial charge >= 0.3 is 0 Å². The maximum Gasteiger partial charge on any atom is 0.128 e. The summed E-state index contributed by atoms with van der Waals surface area (Å²) in [5, 5.41) is 3.88. The maximum atomic E-state index is 13.9. The molecule has 2 atom stereocenters. The smallest absolute Gasteiger partial charge is 0.128 e. The Balaban J connectivity index is 2.92. The van der Waals surface area contributed by atoms with Gasteiger partial charge in [-0.1, -0.05) is 25.4 Å². The summed E-state index contributed by atoms with van der Waals surface area (Å²) in [7, 11) is 1.68. The minimum Gasteiger partial charge on any atom is -0.385 e. The normalized spacial score (nSPS) is 14.5. The molecule has 0 fully saturated rings. The van der Waals surface area contributed by atoms with Crippen molar-refractivity contribution >= 4 is 11.6 Å². The van der Waals surface area contributed by atoms with Crippen LogP contribution in [0.5, 0.6) is 0 Å². The van der Waals surface area contributed by atoms with E-state index in [0.29, 0.717) is 17.2 Å². The van der Waals surface area contributed by atoms with E-state index in [1.807, 2.05) is 6.92 Å². The fourth-order valence-corrected chi connectivity index (χ4v) is 2.24. The minimum atomic E-state index is -0.213. The van der Waals surface area contributed by atoms with Gasteiger partial charge in [0.25, 0.3) is 0 Å². The SMILES string of the molecule is CCNC(c1cc(Cl)ccc1F)C(C)CCOC. The van der Waals surface area contributed by atoms with Gasteiger partial charge in [0, 0.05) is 30.3 Å². The van der Waals surface area contributed by atoms with Gasteiger partial charge in [-0.2, -0.15) is 0 Å². The molecule has 0 aromatic heterocycles. The third-order valence-electron chi connectivity index (χ3n) is 3.06. The molecule has 0 aliphatic heterocycles. The molecule has 1 rings (SSSR count). The first-order valence-corrected chi connectivity index (χ1v) is 6.65. The van der Waals surface area contributed by atoms with Gasteiger partial charge in [0.1, 0.15) is 5.82 Å². The van der Waals surface area contributed by atoms with E-state index >= 15 is 0 Å². The van der Waals surface area contributed by atoms with Crippen LogP contribution in [0.4, 0.5) is 4.39 Å². The number of rotatable bonds is 7. The largest absolute Gasteiger partial charge is 0.385 e. The van der Waals surface area contributed by atoms with Crippen LogP contribution < -0.4 is 5.32 Å². The number of hydrogen-bond donors (Lipinski definition) is 1. The summed E-state index contributed by atoms with van der Waals surface area (Å²) in [4.78, 5) is 0. The summed E-state index contributed by atoms with van der Waals surface area (Å²) in [6, 6.07) is 4.66. The third kappa shape index (κ3) is 4.23. The van der Waals surface area contributed by atoms with Crippen LogP contribution in [0, 0.1) is 11.7 Å². The Morgan fingerprint density at radius 2 is 2.17 bits per heavy atom. The molecule has 0 saturated carbocycles. The predicted molar refractivity (Wildman–Crippen MR) is 73.5 cm³/mol. The standard InChI is InChI=1S/C14H21ClFNO/c1-4-17-14(10(2)7-8-18-3)12-9-11(15)5-6-13(12)16/h5-6,9-10,14,17H,4,7-8H2,1-3H3. The van der Waals surface area contributed by atoms with Crippen molar-refractivity contribution in [2.24, 2.45) is 5.92 Å². The molecule has 0 heterocycles. The predicted octanol–water partition coefficient (Wildman–Crippen LogP) is 3.80. The second-order valence-corrected chi connectivity index (χ2v) is 4.90. The monoisotopic (exact) mass is 273 g/mol. The van der Waals surface area contributed by atoms with Crippen molar-refractivity contribution in [1.29, 1.82) is 0 Å². The van der Waals surface area contributed by atoms with Crippen LogP contribution in [-0.2, 0) is 4.74 Å². The number of benzene rings is 1. The van der Waals surface area contributed by atoms with Crippen LogP contribution in [0.1, 0.15) is 31.9 Å².